The Morgan fingerprint density at radius 1 is 1.44 bits per heavy atom. The summed E-state index contributed by atoms with van der Waals surface area (Å²) in [6.45, 7) is 3.57. The lowest BCUT2D eigenvalue weighted by Gasteiger charge is -1.97. The molecule has 1 N–H and O–H groups in total. The van der Waals surface area contributed by atoms with E-state index in [1.165, 1.54) is 0 Å². The lowest BCUT2D eigenvalue weighted by atomic mass is 10.4. The molecule has 3 heteroatoms. The highest BCUT2D eigenvalue weighted by molar-refractivity contribution is 5.39. The molecule has 0 aliphatic rings. The van der Waals surface area contributed by atoms with Crippen LogP contribution < -0.4 is 5.32 Å². The fourth-order valence-corrected chi connectivity index (χ4v) is 1.56. The van der Waals surface area contributed by atoms with E-state index < -0.39 is 0 Å². The van der Waals surface area contributed by atoms with Crippen molar-refractivity contribution in [3.8, 4) is 11.8 Å². The van der Waals surface area contributed by atoms with Crippen molar-refractivity contribution in [1.82, 2.24) is 14.7 Å². The van der Waals surface area contributed by atoms with E-state index in [-0.39, 0.29) is 0 Å². The van der Waals surface area contributed by atoms with Crippen LogP contribution in [0.15, 0.2) is 30.6 Å². The zero-order valence-electron chi connectivity index (χ0n) is 9.40. The van der Waals surface area contributed by atoms with E-state index in [2.05, 4.69) is 22.1 Å². The van der Waals surface area contributed by atoms with Crippen molar-refractivity contribution in [1.29, 1.82) is 0 Å². The average Bonchev–Trinajstić information content (AvgIpc) is 2.71. The SMILES string of the molecule is CC#CCCNCc1cn2ccccc2n1. The van der Waals surface area contributed by atoms with Gasteiger partial charge in [0.2, 0.25) is 0 Å². The summed E-state index contributed by atoms with van der Waals surface area (Å²) in [5.74, 6) is 5.90. The summed E-state index contributed by atoms with van der Waals surface area (Å²) in [6, 6.07) is 6.01. The minimum atomic E-state index is 0.799. The first-order valence-corrected chi connectivity index (χ1v) is 5.43. The van der Waals surface area contributed by atoms with Crippen LogP contribution in [-0.2, 0) is 6.54 Å². The molecule has 0 radical (unpaired) electrons. The third kappa shape index (κ3) is 2.62. The first-order valence-electron chi connectivity index (χ1n) is 5.43. The lowest BCUT2D eigenvalue weighted by molar-refractivity contribution is 0.691. The van der Waals surface area contributed by atoms with Crippen LogP contribution in [0.2, 0.25) is 0 Å². The Balaban J connectivity index is 1.91. The molecule has 0 spiro atoms. The van der Waals surface area contributed by atoms with E-state index in [0.717, 1.165) is 30.9 Å². The Morgan fingerprint density at radius 2 is 2.38 bits per heavy atom. The number of hydrogen-bond acceptors (Lipinski definition) is 2. The molecule has 82 valence electrons. The number of hydrogen-bond donors (Lipinski definition) is 1. The van der Waals surface area contributed by atoms with Gasteiger partial charge in [0, 0.05) is 31.9 Å². The number of nitrogens with one attached hydrogen (secondary N) is 1. The van der Waals surface area contributed by atoms with Gasteiger partial charge in [-0.05, 0) is 19.1 Å². The Kier molecular flexibility index (Phi) is 3.58. The zero-order valence-corrected chi connectivity index (χ0v) is 9.40. The maximum atomic E-state index is 4.49. The summed E-state index contributed by atoms with van der Waals surface area (Å²) in [4.78, 5) is 4.49. The maximum Gasteiger partial charge on any atom is 0.137 e. The Labute approximate surface area is 95.5 Å². The second-order valence-electron chi connectivity index (χ2n) is 3.55. The van der Waals surface area contributed by atoms with Gasteiger partial charge in [-0.1, -0.05) is 6.07 Å². The van der Waals surface area contributed by atoms with Gasteiger partial charge in [-0.3, -0.25) is 0 Å². The molecule has 0 aliphatic heterocycles. The molecular weight excluding hydrogens is 198 g/mol. The zero-order chi connectivity index (χ0) is 11.2. The molecule has 2 aromatic rings. The third-order valence-electron chi connectivity index (χ3n) is 2.32. The molecule has 2 rings (SSSR count). The molecule has 16 heavy (non-hydrogen) atoms. The van der Waals surface area contributed by atoms with Crippen LogP contribution in [0.5, 0.6) is 0 Å². The summed E-state index contributed by atoms with van der Waals surface area (Å²) < 4.78 is 2.03. The Hall–Kier alpha value is -1.79. The van der Waals surface area contributed by atoms with E-state index in [1.54, 1.807) is 0 Å². The summed E-state index contributed by atoms with van der Waals surface area (Å²) >= 11 is 0. The van der Waals surface area contributed by atoms with Gasteiger partial charge in [0.05, 0.1) is 5.69 Å². The largest absolute Gasteiger partial charge is 0.310 e. The predicted octanol–water partition coefficient (Wildman–Crippen LogP) is 1.84. The molecule has 0 saturated carbocycles. The predicted molar refractivity (Wildman–Crippen MR) is 65.0 cm³/mol. The van der Waals surface area contributed by atoms with E-state index in [0.29, 0.717) is 0 Å². The summed E-state index contributed by atoms with van der Waals surface area (Å²) in [7, 11) is 0. The summed E-state index contributed by atoms with van der Waals surface area (Å²) in [5.41, 5.74) is 2.06. The molecule has 2 heterocycles. The number of rotatable bonds is 4. The van der Waals surface area contributed by atoms with Crippen LogP contribution in [0.4, 0.5) is 0 Å². The minimum absolute atomic E-state index is 0.799. The quantitative estimate of drug-likeness (QED) is 0.620. The maximum absolute atomic E-state index is 4.49. The first-order chi connectivity index (χ1) is 7.90. The van der Waals surface area contributed by atoms with Crippen molar-refractivity contribution in [3.63, 3.8) is 0 Å². The van der Waals surface area contributed by atoms with Gasteiger partial charge >= 0.3 is 0 Å². The highest BCUT2D eigenvalue weighted by atomic mass is 15.0. The first kappa shape index (κ1) is 10.7. The fraction of sp³-hybridized carbons (Fsp3) is 0.308. The van der Waals surface area contributed by atoms with Crippen LogP contribution in [0, 0.1) is 11.8 Å². The molecular formula is C13H15N3. The van der Waals surface area contributed by atoms with Gasteiger partial charge in [0.25, 0.3) is 0 Å². The number of aromatic nitrogens is 2. The molecule has 0 fully saturated rings. The van der Waals surface area contributed by atoms with Crippen LogP contribution in [0.3, 0.4) is 0 Å². The summed E-state index contributed by atoms with van der Waals surface area (Å²) in [6.07, 6.45) is 4.95. The smallest absolute Gasteiger partial charge is 0.137 e. The molecule has 0 bridgehead atoms. The highest BCUT2D eigenvalue weighted by Crippen LogP contribution is 2.03. The molecule has 0 amide bonds. The van der Waals surface area contributed by atoms with Gasteiger partial charge in [0.15, 0.2) is 0 Å². The molecule has 3 nitrogen and oxygen atoms in total. The van der Waals surface area contributed by atoms with Crippen LogP contribution in [0.1, 0.15) is 19.0 Å². The number of fused-ring (bicyclic) bond motifs is 1. The molecule has 0 aromatic carbocycles. The molecule has 0 saturated heterocycles. The minimum Gasteiger partial charge on any atom is -0.310 e. The topological polar surface area (TPSA) is 29.3 Å². The van der Waals surface area contributed by atoms with E-state index >= 15 is 0 Å². The average molecular weight is 213 g/mol. The molecule has 0 atom stereocenters. The molecule has 2 aromatic heterocycles. The monoisotopic (exact) mass is 213 g/mol. The van der Waals surface area contributed by atoms with E-state index in [4.69, 9.17) is 0 Å². The van der Waals surface area contributed by atoms with Crippen molar-refractivity contribution in [2.45, 2.75) is 19.9 Å². The van der Waals surface area contributed by atoms with Crippen LogP contribution in [-0.4, -0.2) is 15.9 Å². The molecule has 0 unspecified atom stereocenters. The van der Waals surface area contributed by atoms with Crippen molar-refractivity contribution in [2.75, 3.05) is 6.54 Å². The van der Waals surface area contributed by atoms with Gasteiger partial charge < -0.3 is 9.72 Å². The van der Waals surface area contributed by atoms with Crippen molar-refractivity contribution in [3.05, 3.63) is 36.3 Å². The second-order valence-corrected chi connectivity index (χ2v) is 3.55. The Bertz CT molecular complexity index is 483. The van der Waals surface area contributed by atoms with E-state index in [9.17, 15) is 0 Å². The van der Waals surface area contributed by atoms with Gasteiger partial charge in [-0.25, -0.2) is 4.98 Å². The van der Waals surface area contributed by atoms with Gasteiger partial charge in [-0.2, -0.15) is 0 Å². The van der Waals surface area contributed by atoms with Gasteiger partial charge in [0.1, 0.15) is 5.65 Å². The normalized spacial score (nSPS) is 10.1. The third-order valence-corrected chi connectivity index (χ3v) is 2.32. The number of pyridine rings is 1. The standard InChI is InChI=1S/C13H15N3/c1-2-3-5-8-14-10-12-11-16-9-6-4-7-13(16)15-12/h4,6-7,9,11,14H,5,8,10H2,1H3. The van der Waals surface area contributed by atoms with Crippen LogP contribution >= 0.6 is 0 Å². The number of nitrogens with zero attached hydrogens (tertiary/aromatic N) is 2. The van der Waals surface area contributed by atoms with Crippen molar-refractivity contribution < 1.29 is 0 Å². The fourth-order valence-electron chi connectivity index (χ4n) is 1.56. The van der Waals surface area contributed by atoms with E-state index in [1.807, 2.05) is 41.9 Å². The van der Waals surface area contributed by atoms with Gasteiger partial charge in [-0.15, -0.1) is 11.8 Å². The lowest BCUT2D eigenvalue weighted by Crippen LogP contribution is -2.14. The number of imidazole rings is 1. The second kappa shape index (κ2) is 5.34. The van der Waals surface area contributed by atoms with Crippen molar-refractivity contribution >= 4 is 5.65 Å². The van der Waals surface area contributed by atoms with Crippen molar-refractivity contribution in [2.24, 2.45) is 0 Å². The highest BCUT2D eigenvalue weighted by Gasteiger charge is 1.98. The molecule has 0 aliphatic carbocycles. The summed E-state index contributed by atoms with van der Waals surface area (Å²) in [5, 5.41) is 3.32. The Morgan fingerprint density at radius 3 is 3.19 bits per heavy atom. The van der Waals surface area contributed by atoms with Crippen LogP contribution in [0.25, 0.3) is 5.65 Å².